The van der Waals surface area contributed by atoms with E-state index < -0.39 is 10.0 Å². The Bertz CT molecular complexity index is 1030. The van der Waals surface area contributed by atoms with Gasteiger partial charge in [0.25, 0.3) is 0 Å². The van der Waals surface area contributed by atoms with Gasteiger partial charge in [0.1, 0.15) is 11.5 Å². The molecule has 1 saturated carbocycles. The van der Waals surface area contributed by atoms with Crippen LogP contribution in [0.15, 0.2) is 74.8 Å². The molecule has 2 atom stereocenters. The third kappa shape index (κ3) is 3.96. The van der Waals surface area contributed by atoms with E-state index in [0.717, 1.165) is 12.2 Å². The van der Waals surface area contributed by atoms with E-state index in [1.54, 1.807) is 36.6 Å². The molecule has 1 fully saturated rings. The number of furan rings is 2. The molecule has 0 bridgehead atoms. The van der Waals surface area contributed by atoms with Crippen molar-refractivity contribution in [2.24, 2.45) is 5.92 Å². The molecule has 2 heterocycles. The number of anilines is 1. The van der Waals surface area contributed by atoms with E-state index in [0.29, 0.717) is 11.4 Å². The maximum Gasteiger partial charge on any atom is 0.241 e. The third-order valence-electron chi connectivity index (χ3n) is 4.46. The number of carbonyl (C=O) groups excluding carboxylic acids is 1. The van der Waals surface area contributed by atoms with Crippen molar-refractivity contribution in [3.8, 4) is 0 Å². The zero-order valence-electron chi connectivity index (χ0n) is 14.3. The Morgan fingerprint density at radius 1 is 1.07 bits per heavy atom. The van der Waals surface area contributed by atoms with E-state index in [2.05, 4.69) is 10.0 Å². The number of nitrogens with one attached hydrogen (secondary N) is 2. The molecule has 0 aliphatic heterocycles. The fourth-order valence-electron chi connectivity index (χ4n) is 2.94. The third-order valence-corrected chi connectivity index (χ3v) is 5.86. The molecule has 2 aromatic heterocycles. The Hall–Kier alpha value is -2.84. The summed E-state index contributed by atoms with van der Waals surface area (Å²) in [5, 5.41) is 2.79. The lowest BCUT2D eigenvalue weighted by Crippen LogP contribution is -2.23. The monoisotopic (exact) mass is 386 g/mol. The Kier molecular flexibility index (Phi) is 4.59. The minimum absolute atomic E-state index is 0.0544. The van der Waals surface area contributed by atoms with Crippen molar-refractivity contribution in [3.63, 3.8) is 0 Å². The Morgan fingerprint density at radius 2 is 1.89 bits per heavy atom. The maximum atomic E-state index is 12.4. The van der Waals surface area contributed by atoms with Crippen LogP contribution >= 0.6 is 0 Å². The molecule has 0 spiro atoms. The average molecular weight is 386 g/mol. The first-order valence-electron chi connectivity index (χ1n) is 8.49. The lowest BCUT2D eigenvalue weighted by molar-refractivity contribution is -0.117. The minimum atomic E-state index is -3.72. The highest BCUT2D eigenvalue weighted by Crippen LogP contribution is 2.48. The van der Waals surface area contributed by atoms with Crippen LogP contribution in [-0.4, -0.2) is 14.3 Å². The summed E-state index contributed by atoms with van der Waals surface area (Å²) in [5.41, 5.74) is 0.436. The SMILES string of the molecule is O=C(Nc1cccc(S(=O)(=O)NCc2ccco2)c1)C1CC1c1ccco1. The van der Waals surface area contributed by atoms with Crippen molar-refractivity contribution in [3.05, 3.63) is 72.6 Å². The zero-order valence-corrected chi connectivity index (χ0v) is 15.1. The van der Waals surface area contributed by atoms with Gasteiger partial charge in [0, 0.05) is 17.5 Å². The van der Waals surface area contributed by atoms with Gasteiger partial charge in [0.2, 0.25) is 15.9 Å². The molecule has 3 aromatic rings. The van der Waals surface area contributed by atoms with Gasteiger partial charge >= 0.3 is 0 Å². The van der Waals surface area contributed by atoms with Gasteiger partial charge < -0.3 is 14.2 Å². The van der Waals surface area contributed by atoms with Crippen LogP contribution in [0, 0.1) is 5.92 Å². The molecule has 27 heavy (non-hydrogen) atoms. The van der Waals surface area contributed by atoms with Crippen LogP contribution in [0.25, 0.3) is 0 Å². The number of hydrogen-bond donors (Lipinski definition) is 2. The van der Waals surface area contributed by atoms with Crippen molar-refractivity contribution in [1.29, 1.82) is 0 Å². The zero-order chi connectivity index (χ0) is 18.9. The average Bonchev–Trinajstić information content (AvgIpc) is 3.06. The number of benzene rings is 1. The Morgan fingerprint density at radius 3 is 2.63 bits per heavy atom. The first-order chi connectivity index (χ1) is 13.0. The van der Waals surface area contributed by atoms with Crippen LogP contribution in [0.3, 0.4) is 0 Å². The summed E-state index contributed by atoms with van der Waals surface area (Å²) in [6.45, 7) is 0.0544. The molecule has 2 N–H and O–H groups in total. The van der Waals surface area contributed by atoms with Crippen molar-refractivity contribution in [2.45, 2.75) is 23.8 Å². The van der Waals surface area contributed by atoms with Gasteiger partial charge in [0.05, 0.1) is 24.0 Å². The molecular formula is C19H18N2O5S. The van der Waals surface area contributed by atoms with Crippen LogP contribution in [0.5, 0.6) is 0 Å². The lowest BCUT2D eigenvalue weighted by Gasteiger charge is -2.09. The molecule has 7 nitrogen and oxygen atoms in total. The van der Waals surface area contributed by atoms with Crippen molar-refractivity contribution >= 4 is 21.6 Å². The predicted octanol–water partition coefficient (Wildman–Crippen LogP) is 3.09. The number of carbonyl (C=O) groups is 1. The van der Waals surface area contributed by atoms with Crippen molar-refractivity contribution in [1.82, 2.24) is 4.72 Å². The van der Waals surface area contributed by atoms with Gasteiger partial charge in [0.15, 0.2) is 0 Å². The van der Waals surface area contributed by atoms with E-state index in [1.165, 1.54) is 18.4 Å². The summed E-state index contributed by atoms with van der Waals surface area (Å²) < 4.78 is 37.8. The van der Waals surface area contributed by atoms with Gasteiger partial charge in [-0.15, -0.1) is 0 Å². The molecule has 0 radical (unpaired) electrons. The highest BCUT2D eigenvalue weighted by Gasteiger charge is 2.45. The smallest absolute Gasteiger partial charge is 0.241 e. The molecule has 4 rings (SSSR count). The summed E-state index contributed by atoms with van der Waals surface area (Å²) in [5.74, 6) is 1.10. The van der Waals surface area contributed by atoms with Crippen LogP contribution in [0.2, 0.25) is 0 Å². The first-order valence-corrected chi connectivity index (χ1v) is 9.97. The first kappa shape index (κ1) is 17.6. The van der Waals surface area contributed by atoms with Crippen LogP contribution in [0.4, 0.5) is 5.69 Å². The number of hydrogen-bond acceptors (Lipinski definition) is 5. The van der Waals surface area contributed by atoms with E-state index in [1.807, 2.05) is 6.07 Å². The molecule has 8 heteroatoms. The second-order valence-corrected chi connectivity index (χ2v) is 8.15. The summed E-state index contributed by atoms with van der Waals surface area (Å²) in [6.07, 6.45) is 3.79. The summed E-state index contributed by atoms with van der Waals surface area (Å²) in [4.78, 5) is 12.5. The Labute approximate surface area is 156 Å². The van der Waals surface area contributed by atoms with Crippen LogP contribution in [-0.2, 0) is 21.4 Å². The van der Waals surface area contributed by atoms with E-state index in [-0.39, 0.29) is 29.2 Å². The molecule has 1 aromatic carbocycles. The standard InChI is InChI=1S/C19H18N2O5S/c22-19(17-11-16(17)18-7-3-9-26-18)21-13-4-1-6-15(10-13)27(23,24)20-12-14-5-2-8-25-14/h1-10,16-17,20H,11-12H2,(H,21,22). The predicted molar refractivity (Wildman–Crippen MR) is 97.4 cm³/mol. The highest BCUT2D eigenvalue weighted by molar-refractivity contribution is 7.89. The van der Waals surface area contributed by atoms with Crippen LogP contribution in [0.1, 0.15) is 23.9 Å². The maximum absolute atomic E-state index is 12.4. The molecule has 140 valence electrons. The summed E-state index contributed by atoms with van der Waals surface area (Å²) in [7, 11) is -3.72. The summed E-state index contributed by atoms with van der Waals surface area (Å²) in [6, 6.07) is 13.2. The van der Waals surface area contributed by atoms with Gasteiger partial charge in [-0.05, 0) is 48.9 Å². The Balaban J connectivity index is 1.41. The van der Waals surface area contributed by atoms with E-state index >= 15 is 0 Å². The molecular weight excluding hydrogens is 368 g/mol. The number of sulfonamides is 1. The second kappa shape index (κ2) is 7.05. The molecule has 0 saturated heterocycles. The fourth-order valence-corrected chi connectivity index (χ4v) is 3.98. The summed E-state index contributed by atoms with van der Waals surface area (Å²) >= 11 is 0. The fraction of sp³-hybridized carbons (Fsp3) is 0.211. The minimum Gasteiger partial charge on any atom is -0.469 e. The molecule has 1 aliphatic rings. The van der Waals surface area contributed by atoms with Gasteiger partial charge in [-0.3, -0.25) is 4.79 Å². The van der Waals surface area contributed by atoms with Gasteiger partial charge in [-0.1, -0.05) is 6.07 Å². The number of amides is 1. The van der Waals surface area contributed by atoms with E-state index in [4.69, 9.17) is 8.83 Å². The normalized spacial score (nSPS) is 19.0. The molecule has 1 aliphatic carbocycles. The largest absolute Gasteiger partial charge is 0.469 e. The number of rotatable bonds is 7. The highest BCUT2D eigenvalue weighted by atomic mass is 32.2. The van der Waals surface area contributed by atoms with E-state index in [9.17, 15) is 13.2 Å². The van der Waals surface area contributed by atoms with Gasteiger partial charge in [-0.2, -0.15) is 0 Å². The van der Waals surface area contributed by atoms with Crippen molar-refractivity contribution < 1.29 is 22.0 Å². The topological polar surface area (TPSA) is 102 Å². The van der Waals surface area contributed by atoms with Crippen molar-refractivity contribution in [2.75, 3.05) is 5.32 Å². The lowest BCUT2D eigenvalue weighted by atomic mass is 10.2. The molecule has 1 amide bonds. The quantitative estimate of drug-likeness (QED) is 0.650. The van der Waals surface area contributed by atoms with Gasteiger partial charge in [-0.25, -0.2) is 13.1 Å². The second-order valence-electron chi connectivity index (χ2n) is 6.39. The van der Waals surface area contributed by atoms with Crippen LogP contribution < -0.4 is 10.0 Å². The molecule has 2 unspecified atom stereocenters.